The van der Waals surface area contributed by atoms with Gasteiger partial charge in [0, 0.05) is 32.0 Å². The second kappa shape index (κ2) is 10.0. The molecule has 0 atom stereocenters. The van der Waals surface area contributed by atoms with Crippen LogP contribution < -0.4 is 14.2 Å². The van der Waals surface area contributed by atoms with E-state index in [1.54, 1.807) is 39.5 Å². The smallest absolute Gasteiger partial charge is 0.223 e. The van der Waals surface area contributed by atoms with Gasteiger partial charge in [-0.25, -0.2) is 4.98 Å². The summed E-state index contributed by atoms with van der Waals surface area (Å²) in [6.07, 6.45) is 2.42. The molecule has 1 aromatic heterocycles. The van der Waals surface area contributed by atoms with Crippen molar-refractivity contribution >= 4 is 5.91 Å². The maximum absolute atomic E-state index is 12.6. The maximum atomic E-state index is 12.6. The average Bonchev–Trinajstić information content (AvgIpc) is 3.27. The number of hydrogen-bond acceptors (Lipinski definition) is 6. The molecule has 2 aromatic carbocycles. The second-order valence-corrected chi connectivity index (χ2v) is 7.23. The highest BCUT2D eigenvalue weighted by atomic mass is 16.5. The van der Waals surface area contributed by atoms with Crippen LogP contribution in [0.15, 0.2) is 47.0 Å². The van der Waals surface area contributed by atoms with Crippen LogP contribution >= 0.6 is 0 Å². The van der Waals surface area contributed by atoms with Crippen LogP contribution in [0, 0.1) is 6.92 Å². The first-order chi connectivity index (χ1) is 14.9. The molecule has 0 unspecified atom stereocenters. The standard InChI is InChI=1S/C24H28N2O5/c1-16-12-20(29-4)21(30-5)13-18(16)15-26(2)24(27)11-10-23-25-14-22(31-23)17-6-8-19(28-3)9-7-17/h6-9,12-14H,10-11,15H2,1-5H3. The zero-order valence-electron chi connectivity index (χ0n) is 18.6. The van der Waals surface area contributed by atoms with Crippen LogP contribution in [0.3, 0.4) is 0 Å². The zero-order chi connectivity index (χ0) is 22.4. The van der Waals surface area contributed by atoms with Crippen molar-refractivity contribution in [2.45, 2.75) is 26.3 Å². The van der Waals surface area contributed by atoms with Crippen molar-refractivity contribution in [2.24, 2.45) is 0 Å². The first-order valence-electron chi connectivity index (χ1n) is 9.99. The molecule has 0 N–H and O–H groups in total. The summed E-state index contributed by atoms with van der Waals surface area (Å²) in [5, 5.41) is 0. The van der Waals surface area contributed by atoms with Gasteiger partial charge in [0.05, 0.1) is 27.5 Å². The Morgan fingerprint density at radius 2 is 1.71 bits per heavy atom. The number of aromatic nitrogens is 1. The van der Waals surface area contributed by atoms with E-state index in [-0.39, 0.29) is 5.91 Å². The molecule has 1 heterocycles. The molecule has 0 radical (unpaired) electrons. The van der Waals surface area contributed by atoms with Gasteiger partial charge in [-0.2, -0.15) is 0 Å². The van der Waals surface area contributed by atoms with Gasteiger partial charge in [-0.05, 0) is 54.4 Å². The van der Waals surface area contributed by atoms with E-state index in [9.17, 15) is 4.79 Å². The molecule has 0 aliphatic carbocycles. The van der Waals surface area contributed by atoms with Crippen molar-refractivity contribution in [2.75, 3.05) is 28.4 Å². The number of hydrogen-bond donors (Lipinski definition) is 0. The molecule has 0 saturated heterocycles. The molecule has 0 bridgehead atoms. The average molecular weight is 424 g/mol. The van der Waals surface area contributed by atoms with Gasteiger partial charge in [0.25, 0.3) is 0 Å². The minimum atomic E-state index is 0.0124. The number of oxazole rings is 1. The second-order valence-electron chi connectivity index (χ2n) is 7.23. The number of amides is 1. The first-order valence-corrected chi connectivity index (χ1v) is 9.99. The molecule has 0 fully saturated rings. The molecule has 0 aliphatic rings. The third-order valence-corrected chi connectivity index (χ3v) is 5.16. The lowest BCUT2D eigenvalue weighted by Gasteiger charge is -2.20. The van der Waals surface area contributed by atoms with E-state index in [0.717, 1.165) is 22.4 Å². The zero-order valence-corrected chi connectivity index (χ0v) is 18.6. The number of ether oxygens (including phenoxy) is 3. The van der Waals surface area contributed by atoms with Crippen molar-refractivity contribution in [1.82, 2.24) is 9.88 Å². The Morgan fingerprint density at radius 3 is 2.35 bits per heavy atom. The summed E-state index contributed by atoms with van der Waals surface area (Å²) >= 11 is 0. The highest BCUT2D eigenvalue weighted by molar-refractivity contribution is 5.76. The van der Waals surface area contributed by atoms with E-state index in [0.29, 0.717) is 42.5 Å². The lowest BCUT2D eigenvalue weighted by atomic mass is 10.1. The van der Waals surface area contributed by atoms with E-state index in [1.165, 1.54) is 0 Å². The summed E-state index contributed by atoms with van der Waals surface area (Å²) < 4.78 is 21.7. The fourth-order valence-corrected chi connectivity index (χ4v) is 3.26. The Bertz CT molecular complexity index is 1030. The van der Waals surface area contributed by atoms with Gasteiger partial charge in [0.15, 0.2) is 23.1 Å². The normalized spacial score (nSPS) is 10.6. The summed E-state index contributed by atoms with van der Waals surface area (Å²) in [4.78, 5) is 18.6. The van der Waals surface area contributed by atoms with E-state index >= 15 is 0 Å². The topological polar surface area (TPSA) is 74.0 Å². The number of methoxy groups -OCH3 is 3. The molecule has 3 aromatic rings. The molecule has 1 amide bonds. The summed E-state index contributed by atoms with van der Waals surface area (Å²) in [7, 11) is 6.62. The lowest BCUT2D eigenvalue weighted by Crippen LogP contribution is -2.26. The monoisotopic (exact) mass is 424 g/mol. The Hall–Kier alpha value is -3.48. The molecular formula is C24H28N2O5. The van der Waals surface area contributed by atoms with Crippen LogP contribution in [0.25, 0.3) is 11.3 Å². The van der Waals surface area contributed by atoms with Crippen molar-refractivity contribution in [3.8, 4) is 28.6 Å². The first kappa shape index (κ1) is 22.2. The number of rotatable bonds is 9. The molecule has 0 spiro atoms. The Kier molecular flexibility index (Phi) is 7.18. The highest BCUT2D eigenvalue weighted by Gasteiger charge is 2.15. The molecule has 3 rings (SSSR count). The van der Waals surface area contributed by atoms with Gasteiger partial charge in [0.1, 0.15) is 5.75 Å². The number of benzene rings is 2. The van der Waals surface area contributed by atoms with Crippen LogP contribution in [0.2, 0.25) is 0 Å². The molecule has 7 nitrogen and oxygen atoms in total. The van der Waals surface area contributed by atoms with E-state index in [4.69, 9.17) is 18.6 Å². The Morgan fingerprint density at radius 1 is 1.03 bits per heavy atom. The minimum absolute atomic E-state index is 0.0124. The Labute approximate surface area is 182 Å². The third kappa shape index (κ3) is 5.36. The van der Waals surface area contributed by atoms with Crippen LogP contribution in [-0.4, -0.2) is 44.2 Å². The van der Waals surface area contributed by atoms with Crippen LogP contribution in [-0.2, 0) is 17.8 Å². The summed E-state index contributed by atoms with van der Waals surface area (Å²) in [5.74, 6) is 3.32. The summed E-state index contributed by atoms with van der Waals surface area (Å²) in [6.45, 7) is 2.47. The number of carbonyl (C=O) groups excluding carboxylic acids is 1. The summed E-state index contributed by atoms with van der Waals surface area (Å²) in [6, 6.07) is 11.4. The SMILES string of the molecule is COc1ccc(-c2cnc(CCC(=O)N(C)Cc3cc(OC)c(OC)cc3C)o2)cc1. The van der Waals surface area contributed by atoms with Gasteiger partial charge < -0.3 is 23.5 Å². The lowest BCUT2D eigenvalue weighted by molar-refractivity contribution is -0.130. The molecular weight excluding hydrogens is 396 g/mol. The summed E-state index contributed by atoms with van der Waals surface area (Å²) in [5.41, 5.74) is 2.95. The van der Waals surface area contributed by atoms with Gasteiger partial charge >= 0.3 is 0 Å². The van der Waals surface area contributed by atoms with Crippen LogP contribution in [0.5, 0.6) is 17.2 Å². The number of aryl methyl sites for hydroxylation is 2. The van der Waals surface area contributed by atoms with Crippen molar-refractivity contribution in [3.05, 3.63) is 59.6 Å². The molecule has 0 saturated carbocycles. The van der Waals surface area contributed by atoms with Crippen molar-refractivity contribution < 1.29 is 23.4 Å². The minimum Gasteiger partial charge on any atom is -0.497 e. The quantitative estimate of drug-likeness (QED) is 0.511. The fraction of sp³-hybridized carbons (Fsp3) is 0.333. The predicted molar refractivity (Wildman–Crippen MR) is 118 cm³/mol. The van der Waals surface area contributed by atoms with Crippen LogP contribution in [0.4, 0.5) is 0 Å². The van der Waals surface area contributed by atoms with Crippen LogP contribution in [0.1, 0.15) is 23.4 Å². The molecule has 31 heavy (non-hydrogen) atoms. The molecule has 164 valence electrons. The van der Waals surface area contributed by atoms with Crippen molar-refractivity contribution in [3.63, 3.8) is 0 Å². The maximum Gasteiger partial charge on any atom is 0.223 e. The molecule has 0 aliphatic heterocycles. The number of nitrogens with zero attached hydrogens (tertiary/aromatic N) is 2. The predicted octanol–water partition coefficient (Wildman–Crippen LogP) is 4.27. The van der Waals surface area contributed by atoms with Gasteiger partial charge in [-0.1, -0.05) is 0 Å². The highest BCUT2D eigenvalue weighted by Crippen LogP contribution is 2.31. The number of carbonyl (C=O) groups is 1. The fourth-order valence-electron chi connectivity index (χ4n) is 3.26. The van der Waals surface area contributed by atoms with Gasteiger partial charge in [0.2, 0.25) is 5.91 Å². The third-order valence-electron chi connectivity index (χ3n) is 5.16. The Balaban J connectivity index is 1.59. The van der Waals surface area contributed by atoms with E-state index in [2.05, 4.69) is 4.98 Å². The van der Waals surface area contributed by atoms with Gasteiger partial charge in [-0.15, -0.1) is 0 Å². The molecule has 7 heteroatoms. The van der Waals surface area contributed by atoms with E-state index < -0.39 is 0 Å². The largest absolute Gasteiger partial charge is 0.497 e. The van der Waals surface area contributed by atoms with Crippen molar-refractivity contribution in [1.29, 1.82) is 0 Å². The van der Waals surface area contributed by atoms with E-state index in [1.807, 2.05) is 43.3 Å². The van der Waals surface area contributed by atoms with Gasteiger partial charge in [-0.3, -0.25) is 4.79 Å².